The maximum Gasteiger partial charge on any atom is 0.242 e. The lowest BCUT2D eigenvalue weighted by molar-refractivity contribution is -0.129. The summed E-state index contributed by atoms with van der Waals surface area (Å²) < 4.78 is 13.6. The topological polar surface area (TPSA) is 109 Å². The molecule has 0 bridgehead atoms. The summed E-state index contributed by atoms with van der Waals surface area (Å²) in [6.07, 6.45) is 4.10. The third-order valence-electron chi connectivity index (χ3n) is 6.08. The molecular weight excluding hydrogens is 409 g/mol. The molecule has 32 heavy (non-hydrogen) atoms. The summed E-state index contributed by atoms with van der Waals surface area (Å²) in [6.45, 7) is 4.01. The Morgan fingerprint density at radius 3 is 2.84 bits per heavy atom. The molecule has 1 aromatic heterocycles. The van der Waals surface area contributed by atoms with E-state index in [4.69, 9.17) is 5.73 Å². The Kier molecular flexibility index (Phi) is 6.23. The zero-order valence-corrected chi connectivity index (χ0v) is 18.2. The van der Waals surface area contributed by atoms with Gasteiger partial charge in [-0.3, -0.25) is 9.59 Å². The first-order valence-corrected chi connectivity index (χ1v) is 10.9. The highest BCUT2D eigenvalue weighted by molar-refractivity contribution is 5.92. The molecule has 0 unspecified atom stereocenters. The van der Waals surface area contributed by atoms with Gasteiger partial charge in [0.05, 0.1) is 6.04 Å². The van der Waals surface area contributed by atoms with Crippen molar-refractivity contribution in [3.8, 4) is 0 Å². The van der Waals surface area contributed by atoms with E-state index in [0.717, 1.165) is 41.7 Å². The van der Waals surface area contributed by atoms with Crippen LogP contribution in [0.3, 0.4) is 0 Å². The van der Waals surface area contributed by atoms with E-state index in [1.807, 2.05) is 12.1 Å². The van der Waals surface area contributed by atoms with Crippen LogP contribution in [0.2, 0.25) is 0 Å². The van der Waals surface area contributed by atoms with Gasteiger partial charge in [-0.15, -0.1) is 0 Å². The molecule has 8 heteroatoms. The monoisotopic (exact) mass is 437 g/mol. The molecule has 0 spiro atoms. The lowest BCUT2D eigenvalue weighted by Crippen LogP contribution is -2.52. The van der Waals surface area contributed by atoms with Gasteiger partial charge in [0.2, 0.25) is 11.8 Å². The number of aromatic nitrogens is 1. The van der Waals surface area contributed by atoms with E-state index >= 15 is 0 Å². The molecule has 1 aromatic carbocycles. The van der Waals surface area contributed by atoms with Gasteiger partial charge in [-0.25, -0.2) is 9.37 Å². The van der Waals surface area contributed by atoms with E-state index in [-0.39, 0.29) is 23.7 Å². The van der Waals surface area contributed by atoms with Crippen LogP contribution in [0, 0.1) is 12.7 Å². The number of carbonyl (C=O) groups is 2. The summed E-state index contributed by atoms with van der Waals surface area (Å²) >= 11 is 0. The quantitative estimate of drug-likeness (QED) is 0.573. The first-order valence-electron chi connectivity index (χ1n) is 10.9. The zero-order chi connectivity index (χ0) is 22.8. The van der Waals surface area contributed by atoms with Crippen LogP contribution < -0.4 is 21.7 Å². The third kappa shape index (κ3) is 4.65. The Balaban J connectivity index is 1.38. The van der Waals surface area contributed by atoms with E-state index in [0.29, 0.717) is 17.9 Å². The van der Waals surface area contributed by atoms with Crippen molar-refractivity contribution in [3.63, 3.8) is 0 Å². The van der Waals surface area contributed by atoms with Gasteiger partial charge in [0.15, 0.2) is 0 Å². The molecule has 1 aliphatic heterocycles. The van der Waals surface area contributed by atoms with Gasteiger partial charge in [-0.1, -0.05) is 18.2 Å². The number of benzene rings is 1. The first-order chi connectivity index (χ1) is 15.3. The molecule has 0 saturated carbocycles. The summed E-state index contributed by atoms with van der Waals surface area (Å²) in [5, 5.41) is 8.96. The SMILES string of the molecule is Cc1cc(C2=C[C@H](C(=O)N[C@@H](C)C(=O)N[C@@H]3CCc4nc(N)ccc43)NCC2)ccc1F. The molecule has 3 atom stereocenters. The number of aryl methyl sites for hydroxylation is 2. The molecule has 1 aliphatic carbocycles. The van der Waals surface area contributed by atoms with Crippen LogP contribution in [-0.4, -0.2) is 35.4 Å². The summed E-state index contributed by atoms with van der Waals surface area (Å²) in [7, 11) is 0. The van der Waals surface area contributed by atoms with Gasteiger partial charge in [-0.05, 0) is 73.6 Å². The van der Waals surface area contributed by atoms with Crippen LogP contribution in [0.15, 0.2) is 36.4 Å². The van der Waals surface area contributed by atoms with Crippen molar-refractivity contribution in [2.45, 2.75) is 51.2 Å². The molecule has 168 valence electrons. The number of hydrogen-bond acceptors (Lipinski definition) is 5. The lowest BCUT2D eigenvalue weighted by Gasteiger charge is -2.25. The Morgan fingerprint density at radius 2 is 2.06 bits per heavy atom. The second-order valence-electron chi connectivity index (χ2n) is 8.44. The highest BCUT2D eigenvalue weighted by Gasteiger charge is 2.28. The summed E-state index contributed by atoms with van der Waals surface area (Å²) in [5.74, 6) is -0.298. The maximum atomic E-state index is 13.6. The average molecular weight is 438 g/mol. The molecule has 2 heterocycles. The third-order valence-corrected chi connectivity index (χ3v) is 6.08. The van der Waals surface area contributed by atoms with Crippen molar-refractivity contribution in [2.75, 3.05) is 12.3 Å². The van der Waals surface area contributed by atoms with Gasteiger partial charge >= 0.3 is 0 Å². The van der Waals surface area contributed by atoms with Crippen LogP contribution in [0.25, 0.3) is 5.57 Å². The van der Waals surface area contributed by atoms with E-state index < -0.39 is 12.1 Å². The van der Waals surface area contributed by atoms with Gasteiger partial charge in [0.25, 0.3) is 0 Å². The number of rotatable bonds is 5. The number of pyridine rings is 1. The number of nitrogens with one attached hydrogen (secondary N) is 3. The molecule has 4 rings (SSSR count). The number of amides is 2. The zero-order valence-electron chi connectivity index (χ0n) is 18.2. The molecule has 2 amide bonds. The fraction of sp³-hybridized carbons (Fsp3) is 0.375. The lowest BCUT2D eigenvalue weighted by atomic mass is 9.95. The number of fused-ring (bicyclic) bond motifs is 1. The van der Waals surface area contributed by atoms with Gasteiger partial charge in [0.1, 0.15) is 23.7 Å². The number of carbonyl (C=O) groups excluding carboxylic acids is 2. The predicted octanol–water partition coefficient (Wildman–Crippen LogP) is 2.17. The van der Waals surface area contributed by atoms with Crippen LogP contribution in [-0.2, 0) is 16.0 Å². The smallest absolute Gasteiger partial charge is 0.242 e. The number of halogens is 1. The van der Waals surface area contributed by atoms with Crippen LogP contribution in [0.1, 0.15) is 48.2 Å². The fourth-order valence-electron chi connectivity index (χ4n) is 4.26. The number of nitrogens with zero attached hydrogens (tertiary/aromatic N) is 1. The van der Waals surface area contributed by atoms with Crippen molar-refractivity contribution in [3.05, 3.63) is 64.6 Å². The molecule has 2 aromatic rings. The van der Waals surface area contributed by atoms with Gasteiger partial charge in [0, 0.05) is 12.2 Å². The fourth-order valence-corrected chi connectivity index (χ4v) is 4.26. The van der Waals surface area contributed by atoms with Crippen LogP contribution in [0.5, 0.6) is 0 Å². The molecule has 0 radical (unpaired) electrons. The van der Waals surface area contributed by atoms with Gasteiger partial charge in [-0.2, -0.15) is 0 Å². The molecule has 7 nitrogen and oxygen atoms in total. The predicted molar refractivity (Wildman–Crippen MR) is 121 cm³/mol. The first kappa shape index (κ1) is 22.0. The number of nitrogen functional groups attached to an aromatic ring is 1. The molecular formula is C24H28FN5O2. The van der Waals surface area contributed by atoms with Crippen molar-refractivity contribution in [2.24, 2.45) is 0 Å². The van der Waals surface area contributed by atoms with Crippen molar-refractivity contribution in [1.82, 2.24) is 20.9 Å². The Labute approximate surface area is 186 Å². The number of anilines is 1. The second-order valence-corrected chi connectivity index (χ2v) is 8.44. The van der Waals surface area contributed by atoms with Crippen LogP contribution >= 0.6 is 0 Å². The Morgan fingerprint density at radius 1 is 1.25 bits per heavy atom. The van der Waals surface area contributed by atoms with Crippen molar-refractivity contribution in [1.29, 1.82) is 0 Å². The molecule has 2 aliphatic rings. The minimum Gasteiger partial charge on any atom is -0.384 e. The summed E-state index contributed by atoms with van der Waals surface area (Å²) in [5.41, 5.74) is 10.1. The van der Waals surface area contributed by atoms with E-state index in [2.05, 4.69) is 20.9 Å². The highest BCUT2D eigenvalue weighted by Crippen LogP contribution is 2.30. The second kappa shape index (κ2) is 9.08. The van der Waals surface area contributed by atoms with E-state index in [1.165, 1.54) is 6.07 Å². The molecule has 0 saturated heterocycles. The number of hydrogen-bond donors (Lipinski definition) is 4. The largest absolute Gasteiger partial charge is 0.384 e. The average Bonchev–Trinajstić information content (AvgIpc) is 3.17. The highest BCUT2D eigenvalue weighted by atomic mass is 19.1. The minimum absolute atomic E-state index is 0.133. The normalized spacial score (nSPS) is 20.8. The summed E-state index contributed by atoms with van der Waals surface area (Å²) in [4.78, 5) is 29.8. The van der Waals surface area contributed by atoms with Crippen LogP contribution in [0.4, 0.5) is 10.2 Å². The minimum atomic E-state index is -0.693. The van der Waals surface area contributed by atoms with Gasteiger partial charge < -0.3 is 21.7 Å². The number of nitrogens with two attached hydrogens (primary N) is 1. The maximum absolute atomic E-state index is 13.6. The van der Waals surface area contributed by atoms with E-state index in [9.17, 15) is 14.0 Å². The standard InChI is InChI=1S/C24H28FN5O2/c1-13-11-15(3-5-18(13)25)16-9-10-27-21(12-16)24(32)28-14(2)23(31)30-20-7-6-19-17(20)4-8-22(26)29-19/h3-5,8,11-12,14,20-21,27H,6-7,9-10H2,1-2H3,(H2,26,29)(H,28,32)(H,30,31)/t14-,20+,21+/m0/s1. The molecule has 0 fully saturated rings. The Bertz CT molecular complexity index is 1080. The van der Waals surface area contributed by atoms with Crippen molar-refractivity contribution >= 4 is 23.2 Å². The molecule has 5 N–H and O–H groups in total. The Hall–Kier alpha value is -3.26. The van der Waals surface area contributed by atoms with Crippen molar-refractivity contribution < 1.29 is 14.0 Å². The van der Waals surface area contributed by atoms with E-state index in [1.54, 1.807) is 32.0 Å². The summed E-state index contributed by atoms with van der Waals surface area (Å²) in [6, 6.07) is 7.21.